The van der Waals surface area contributed by atoms with Crippen molar-refractivity contribution >= 4 is 23.1 Å². The minimum Gasteiger partial charge on any atom is -0.328 e. The van der Waals surface area contributed by atoms with Crippen molar-refractivity contribution in [3.63, 3.8) is 0 Å². The van der Waals surface area contributed by atoms with Crippen LogP contribution in [0.25, 0.3) is 0 Å². The highest BCUT2D eigenvalue weighted by Gasteiger charge is 2.31. The Morgan fingerprint density at radius 2 is 1.86 bits per heavy atom. The van der Waals surface area contributed by atoms with Crippen LogP contribution in [0.1, 0.15) is 11.1 Å². The second-order valence-corrected chi connectivity index (χ2v) is 4.65. The zero-order valence-electron chi connectivity index (χ0n) is 10.8. The molecular weight excluding hydrogens is 303 g/mol. The number of halogens is 4. The van der Waals surface area contributed by atoms with Gasteiger partial charge in [-0.2, -0.15) is 18.4 Å². The number of nitriles is 1. The van der Waals surface area contributed by atoms with Gasteiger partial charge in [0, 0.05) is 18.9 Å². The molecule has 108 valence electrons. The highest BCUT2D eigenvalue weighted by atomic mass is 35.5. The van der Waals surface area contributed by atoms with Crippen LogP contribution in [-0.4, -0.2) is 12.0 Å². The van der Waals surface area contributed by atoms with Gasteiger partial charge in [-0.1, -0.05) is 11.6 Å². The molecule has 1 aromatic heterocycles. The number of nitrogens with zero attached hydrogens (tertiary/aromatic N) is 3. The van der Waals surface area contributed by atoms with Crippen LogP contribution in [0.3, 0.4) is 0 Å². The van der Waals surface area contributed by atoms with Crippen molar-refractivity contribution in [1.82, 2.24) is 4.98 Å². The molecule has 0 aliphatic carbocycles. The van der Waals surface area contributed by atoms with Crippen molar-refractivity contribution in [2.75, 3.05) is 11.9 Å². The summed E-state index contributed by atoms with van der Waals surface area (Å²) in [5.74, 6) is 0.203. The first-order chi connectivity index (χ1) is 9.82. The fourth-order valence-electron chi connectivity index (χ4n) is 1.71. The number of rotatable bonds is 2. The topological polar surface area (TPSA) is 39.9 Å². The van der Waals surface area contributed by atoms with E-state index in [0.29, 0.717) is 11.3 Å². The summed E-state index contributed by atoms with van der Waals surface area (Å²) in [6.07, 6.45) is -3.75. The van der Waals surface area contributed by atoms with Gasteiger partial charge in [0.2, 0.25) is 0 Å². The molecule has 0 unspecified atom stereocenters. The second kappa shape index (κ2) is 5.62. The Bertz CT molecular complexity index is 690. The lowest BCUT2D eigenvalue weighted by Crippen LogP contribution is -2.13. The number of hydrogen-bond acceptors (Lipinski definition) is 3. The van der Waals surface area contributed by atoms with Gasteiger partial charge in [0.25, 0.3) is 0 Å². The molecule has 0 aliphatic heterocycles. The minimum atomic E-state index is -4.48. The fourth-order valence-corrected chi connectivity index (χ4v) is 2.01. The van der Waals surface area contributed by atoms with Gasteiger partial charge >= 0.3 is 6.18 Å². The lowest BCUT2D eigenvalue weighted by Gasteiger charge is -2.20. The van der Waals surface area contributed by atoms with Crippen molar-refractivity contribution < 1.29 is 13.2 Å². The van der Waals surface area contributed by atoms with Crippen LogP contribution in [0.5, 0.6) is 0 Å². The zero-order valence-corrected chi connectivity index (χ0v) is 11.6. The smallest absolute Gasteiger partial charge is 0.328 e. The summed E-state index contributed by atoms with van der Waals surface area (Å²) in [7, 11) is 1.63. The molecule has 2 rings (SSSR count). The first-order valence-corrected chi connectivity index (χ1v) is 6.17. The van der Waals surface area contributed by atoms with Gasteiger partial charge in [-0.15, -0.1) is 0 Å². The predicted octanol–water partition coefficient (Wildman–Crippen LogP) is 4.39. The molecule has 7 heteroatoms. The molecule has 0 fully saturated rings. The number of aromatic nitrogens is 1. The molecule has 2 aromatic rings. The SMILES string of the molecule is CN(c1ccc(C#N)cc1)c1ncc(C(F)(F)F)cc1Cl. The summed E-state index contributed by atoms with van der Waals surface area (Å²) in [4.78, 5) is 5.32. The first kappa shape index (κ1) is 15.1. The maximum atomic E-state index is 12.6. The van der Waals surface area contributed by atoms with E-state index in [9.17, 15) is 13.2 Å². The van der Waals surface area contributed by atoms with Crippen LogP contribution in [0.15, 0.2) is 36.5 Å². The van der Waals surface area contributed by atoms with Gasteiger partial charge in [0.1, 0.15) is 0 Å². The van der Waals surface area contributed by atoms with E-state index in [0.717, 1.165) is 12.3 Å². The van der Waals surface area contributed by atoms with E-state index in [1.807, 2.05) is 6.07 Å². The lowest BCUT2D eigenvalue weighted by atomic mass is 10.2. The Balaban J connectivity index is 2.35. The summed E-state index contributed by atoms with van der Waals surface area (Å²) < 4.78 is 37.7. The molecule has 21 heavy (non-hydrogen) atoms. The van der Waals surface area contributed by atoms with E-state index in [2.05, 4.69) is 4.98 Å². The normalized spacial score (nSPS) is 11.0. The number of alkyl halides is 3. The molecule has 0 spiro atoms. The monoisotopic (exact) mass is 311 g/mol. The lowest BCUT2D eigenvalue weighted by molar-refractivity contribution is -0.137. The molecule has 0 bridgehead atoms. The maximum absolute atomic E-state index is 12.6. The molecular formula is C14H9ClF3N3. The molecule has 0 amide bonds. The van der Waals surface area contributed by atoms with Crippen molar-refractivity contribution in [3.8, 4) is 6.07 Å². The van der Waals surface area contributed by atoms with Crippen molar-refractivity contribution in [3.05, 3.63) is 52.7 Å². The van der Waals surface area contributed by atoms with Crippen molar-refractivity contribution in [1.29, 1.82) is 5.26 Å². The van der Waals surface area contributed by atoms with E-state index >= 15 is 0 Å². The van der Waals surface area contributed by atoms with Crippen LogP contribution < -0.4 is 4.90 Å². The van der Waals surface area contributed by atoms with E-state index in [1.165, 1.54) is 0 Å². The average molecular weight is 312 g/mol. The third-order valence-corrected chi connectivity index (χ3v) is 3.13. The number of pyridine rings is 1. The first-order valence-electron chi connectivity index (χ1n) is 5.79. The summed E-state index contributed by atoms with van der Waals surface area (Å²) in [5.41, 5.74) is 0.242. The van der Waals surface area contributed by atoms with E-state index < -0.39 is 11.7 Å². The summed E-state index contributed by atoms with van der Waals surface area (Å²) in [6.45, 7) is 0. The Hall–Kier alpha value is -2.26. The average Bonchev–Trinajstić information content (AvgIpc) is 2.45. The Labute approximate surface area is 124 Å². The van der Waals surface area contributed by atoms with E-state index in [1.54, 1.807) is 36.2 Å². The third-order valence-electron chi connectivity index (χ3n) is 2.85. The zero-order chi connectivity index (χ0) is 15.6. The third kappa shape index (κ3) is 3.26. The summed E-state index contributed by atoms with van der Waals surface area (Å²) in [5, 5.41) is 8.63. The molecule has 3 nitrogen and oxygen atoms in total. The van der Waals surface area contributed by atoms with E-state index in [4.69, 9.17) is 16.9 Å². The Morgan fingerprint density at radius 3 is 2.33 bits per heavy atom. The molecule has 1 aromatic carbocycles. The Kier molecular flexibility index (Phi) is 4.05. The van der Waals surface area contributed by atoms with Gasteiger partial charge in [0.05, 0.1) is 22.2 Å². The highest BCUT2D eigenvalue weighted by molar-refractivity contribution is 6.33. The molecule has 1 heterocycles. The number of benzene rings is 1. The summed E-state index contributed by atoms with van der Waals surface area (Å²) in [6, 6.07) is 9.34. The minimum absolute atomic E-state index is 0.100. The van der Waals surface area contributed by atoms with Gasteiger partial charge in [-0.05, 0) is 30.3 Å². The molecule has 0 saturated carbocycles. The van der Waals surface area contributed by atoms with Crippen molar-refractivity contribution in [2.24, 2.45) is 0 Å². The predicted molar refractivity (Wildman–Crippen MR) is 73.5 cm³/mol. The van der Waals surface area contributed by atoms with Gasteiger partial charge < -0.3 is 4.90 Å². The van der Waals surface area contributed by atoms with Gasteiger partial charge in [-0.25, -0.2) is 4.98 Å². The molecule has 0 radical (unpaired) electrons. The number of anilines is 2. The molecule has 0 atom stereocenters. The van der Waals surface area contributed by atoms with Crippen LogP contribution >= 0.6 is 11.6 Å². The van der Waals surface area contributed by atoms with Gasteiger partial charge in [-0.3, -0.25) is 0 Å². The maximum Gasteiger partial charge on any atom is 0.417 e. The standard InChI is InChI=1S/C14H9ClF3N3/c1-21(11-4-2-9(7-19)3-5-11)13-12(15)6-10(8-20-13)14(16,17)18/h2-6,8H,1H3. The molecule has 0 N–H and O–H groups in total. The molecule has 0 aliphatic rings. The van der Waals surface area contributed by atoms with Crippen LogP contribution in [0.2, 0.25) is 5.02 Å². The highest BCUT2D eigenvalue weighted by Crippen LogP contribution is 2.35. The quantitative estimate of drug-likeness (QED) is 0.825. The van der Waals surface area contributed by atoms with Gasteiger partial charge in [0.15, 0.2) is 5.82 Å². The van der Waals surface area contributed by atoms with Crippen molar-refractivity contribution in [2.45, 2.75) is 6.18 Å². The summed E-state index contributed by atoms with van der Waals surface area (Å²) >= 11 is 5.88. The second-order valence-electron chi connectivity index (χ2n) is 4.24. The van der Waals surface area contributed by atoms with E-state index in [-0.39, 0.29) is 10.8 Å². The number of hydrogen-bond donors (Lipinski definition) is 0. The Morgan fingerprint density at radius 1 is 1.24 bits per heavy atom. The van der Waals surface area contributed by atoms with Crippen LogP contribution in [0, 0.1) is 11.3 Å². The molecule has 0 saturated heterocycles. The fraction of sp³-hybridized carbons (Fsp3) is 0.143. The van der Waals surface area contributed by atoms with Crippen LogP contribution in [0.4, 0.5) is 24.7 Å². The van der Waals surface area contributed by atoms with Crippen LogP contribution in [-0.2, 0) is 6.18 Å². The largest absolute Gasteiger partial charge is 0.417 e.